The molecule has 1 atom stereocenters. The predicted molar refractivity (Wildman–Crippen MR) is 70.3 cm³/mol. The molecule has 2 amide bonds. The zero-order valence-electron chi connectivity index (χ0n) is 11.6. The van der Waals surface area contributed by atoms with Crippen LogP contribution in [0.25, 0.3) is 0 Å². The number of hydrogen-bond acceptors (Lipinski definition) is 2. The Kier molecular flexibility index (Phi) is 4.42. The van der Waals surface area contributed by atoms with Gasteiger partial charge < -0.3 is 10.2 Å². The van der Waals surface area contributed by atoms with Gasteiger partial charge in [0, 0.05) is 19.0 Å². The largest absolute Gasteiger partial charge is 0.342 e. The summed E-state index contributed by atoms with van der Waals surface area (Å²) in [5.74, 6) is -0.0514. The van der Waals surface area contributed by atoms with Gasteiger partial charge in [-0.1, -0.05) is 19.3 Å². The third-order valence-corrected chi connectivity index (χ3v) is 4.30. The molecule has 0 aromatic heterocycles. The highest BCUT2D eigenvalue weighted by molar-refractivity contribution is 5.94. The number of carbonyl (C=O) groups excluding carboxylic acids is 2. The minimum atomic E-state index is -0.712. The number of nitrogens with one attached hydrogen (secondary N) is 1. The second kappa shape index (κ2) is 5.88. The molecule has 2 rings (SSSR count). The molecule has 1 saturated heterocycles. The predicted octanol–water partition coefficient (Wildman–Crippen LogP) is 1.79. The van der Waals surface area contributed by atoms with E-state index in [2.05, 4.69) is 5.32 Å². The summed E-state index contributed by atoms with van der Waals surface area (Å²) in [6.07, 6.45) is 5.16. The lowest BCUT2D eigenvalue weighted by molar-refractivity contribution is -0.141. The first-order chi connectivity index (χ1) is 9.09. The molecule has 1 unspecified atom stereocenters. The minimum Gasteiger partial charge on any atom is -0.342 e. The van der Waals surface area contributed by atoms with Crippen molar-refractivity contribution in [2.45, 2.75) is 63.5 Å². The Bertz CT molecular complexity index is 353. The van der Waals surface area contributed by atoms with E-state index in [-0.39, 0.29) is 17.9 Å². The van der Waals surface area contributed by atoms with Crippen LogP contribution in [0.2, 0.25) is 0 Å². The number of amides is 2. The number of halogens is 1. The van der Waals surface area contributed by atoms with Crippen molar-refractivity contribution in [2.75, 3.05) is 13.2 Å². The van der Waals surface area contributed by atoms with Gasteiger partial charge in [0.15, 0.2) is 0 Å². The molecule has 0 aromatic rings. The van der Waals surface area contributed by atoms with Crippen LogP contribution in [-0.2, 0) is 9.59 Å². The molecule has 4 nitrogen and oxygen atoms in total. The van der Waals surface area contributed by atoms with E-state index in [1.54, 1.807) is 4.90 Å². The first-order valence-electron chi connectivity index (χ1n) is 7.27. The highest BCUT2D eigenvalue weighted by atomic mass is 19.1. The number of hydrogen-bond donors (Lipinski definition) is 1. The molecule has 1 aliphatic carbocycles. The first kappa shape index (κ1) is 14.3. The van der Waals surface area contributed by atoms with Crippen LogP contribution >= 0.6 is 0 Å². The number of nitrogens with zero attached hydrogens (tertiary/aromatic N) is 1. The molecular weight excluding hydrogens is 247 g/mol. The van der Waals surface area contributed by atoms with Gasteiger partial charge in [-0.15, -0.1) is 0 Å². The van der Waals surface area contributed by atoms with Crippen molar-refractivity contribution in [1.82, 2.24) is 10.2 Å². The van der Waals surface area contributed by atoms with Crippen molar-refractivity contribution in [3.63, 3.8) is 0 Å². The highest BCUT2D eigenvalue weighted by Gasteiger charge is 2.46. The summed E-state index contributed by atoms with van der Waals surface area (Å²) < 4.78 is 12.4. The third kappa shape index (κ3) is 2.90. The molecule has 1 N–H and O–H groups in total. The van der Waals surface area contributed by atoms with Gasteiger partial charge in [0.1, 0.15) is 5.54 Å². The van der Waals surface area contributed by atoms with Gasteiger partial charge in [0.2, 0.25) is 11.8 Å². The Morgan fingerprint density at radius 2 is 2.00 bits per heavy atom. The monoisotopic (exact) mass is 270 g/mol. The number of carbonyl (C=O) groups is 2. The zero-order chi connectivity index (χ0) is 13.9. The van der Waals surface area contributed by atoms with Gasteiger partial charge in [-0.3, -0.25) is 14.0 Å². The molecule has 1 spiro atoms. The Morgan fingerprint density at radius 1 is 1.32 bits per heavy atom. The summed E-state index contributed by atoms with van der Waals surface area (Å²) in [6.45, 7) is 1.86. The van der Waals surface area contributed by atoms with Crippen LogP contribution in [0.4, 0.5) is 4.39 Å². The fourth-order valence-corrected chi connectivity index (χ4v) is 3.27. The average Bonchev–Trinajstić information content (AvgIpc) is 2.46. The van der Waals surface area contributed by atoms with E-state index in [1.807, 2.05) is 6.92 Å². The van der Waals surface area contributed by atoms with E-state index < -0.39 is 12.2 Å². The minimum absolute atomic E-state index is 0.000926. The summed E-state index contributed by atoms with van der Waals surface area (Å²) in [5.41, 5.74) is -0.712. The van der Waals surface area contributed by atoms with Gasteiger partial charge in [0.25, 0.3) is 0 Å². The average molecular weight is 270 g/mol. The van der Waals surface area contributed by atoms with Crippen molar-refractivity contribution in [1.29, 1.82) is 0 Å². The second-order valence-electron chi connectivity index (χ2n) is 5.79. The molecule has 1 heterocycles. The van der Waals surface area contributed by atoms with Crippen LogP contribution < -0.4 is 5.32 Å². The zero-order valence-corrected chi connectivity index (χ0v) is 11.6. The molecule has 108 valence electrons. The Balaban J connectivity index is 2.22. The third-order valence-electron chi connectivity index (χ3n) is 4.30. The maximum atomic E-state index is 12.8. The maximum Gasteiger partial charge on any atom is 0.248 e. The highest BCUT2D eigenvalue weighted by Crippen LogP contribution is 2.32. The number of rotatable bonds is 3. The van der Waals surface area contributed by atoms with Crippen LogP contribution in [0.3, 0.4) is 0 Å². The molecule has 1 saturated carbocycles. The summed E-state index contributed by atoms with van der Waals surface area (Å²) in [5, 5.41) is 2.96. The lowest BCUT2D eigenvalue weighted by Gasteiger charge is -2.39. The lowest BCUT2D eigenvalue weighted by atomic mass is 9.80. The molecule has 5 heteroatoms. The summed E-state index contributed by atoms with van der Waals surface area (Å²) in [6, 6.07) is -0.139. The van der Waals surface area contributed by atoms with Crippen molar-refractivity contribution >= 4 is 11.8 Å². The van der Waals surface area contributed by atoms with Crippen LogP contribution in [0, 0.1) is 0 Å². The van der Waals surface area contributed by atoms with Crippen molar-refractivity contribution in [3.05, 3.63) is 0 Å². The second-order valence-corrected chi connectivity index (χ2v) is 5.79. The quantitative estimate of drug-likeness (QED) is 0.850. The van der Waals surface area contributed by atoms with E-state index >= 15 is 0 Å². The van der Waals surface area contributed by atoms with Gasteiger partial charge in [0.05, 0.1) is 6.67 Å². The van der Waals surface area contributed by atoms with E-state index in [1.165, 1.54) is 0 Å². The smallest absolute Gasteiger partial charge is 0.248 e. The first-order valence-corrected chi connectivity index (χ1v) is 7.27. The lowest BCUT2D eigenvalue weighted by Crippen LogP contribution is -2.58. The molecule has 0 bridgehead atoms. The molecule has 19 heavy (non-hydrogen) atoms. The Hall–Kier alpha value is -1.13. The summed E-state index contributed by atoms with van der Waals surface area (Å²) in [7, 11) is 0. The molecule has 1 aliphatic heterocycles. The van der Waals surface area contributed by atoms with Crippen molar-refractivity contribution in [3.8, 4) is 0 Å². The summed E-state index contributed by atoms with van der Waals surface area (Å²) in [4.78, 5) is 26.5. The van der Waals surface area contributed by atoms with Gasteiger partial charge >= 0.3 is 0 Å². The fraction of sp³-hybridized carbons (Fsp3) is 0.857. The summed E-state index contributed by atoms with van der Waals surface area (Å²) >= 11 is 0. The van der Waals surface area contributed by atoms with E-state index in [9.17, 15) is 14.0 Å². The normalized spacial score (nSPS) is 27.3. The van der Waals surface area contributed by atoms with Crippen LogP contribution in [0.5, 0.6) is 0 Å². The molecule has 2 aliphatic rings. The van der Waals surface area contributed by atoms with Crippen molar-refractivity contribution < 1.29 is 14.0 Å². The van der Waals surface area contributed by atoms with Crippen molar-refractivity contribution in [2.24, 2.45) is 0 Å². The van der Waals surface area contributed by atoms with E-state index in [0.29, 0.717) is 19.4 Å². The molecule has 2 fully saturated rings. The Morgan fingerprint density at radius 3 is 2.63 bits per heavy atom. The fourth-order valence-electron chi connectivity index (χ4n) is 3.27. The molecule has 0 radical (unpaired) electrons. The van der Waals surface area contributed by atoms with Gasteiger partial charge in [-0.25, -0.2) is 0 Å². The Labute approximate surface area is 113 Å². The SMILES string of the molecule is CC1CC(=O)NC2(CCCCC2)C(=O)N1CCCF. The molecular formula is C14H23FN2O2. The van der Waals surface area contributed by atoms with Gasteiger partial charge in [-0.2, -0.15) is 0 Å². The molecule has 0 aromatic carbocycles. The van der Waals surface area contributed by atoms with E-state index in [0.717, 1.165) is 32.1 Å². The van der Waals surface area contributed by atoms with Crippen LogP contribution in [0.15, 0.2) is 0 Å². The topological polar surface area (TPSA) is 49.4 Å². The van der Waals surface area contributed by atoms with Crippen LogP contribution in [0.1, 0.15) is 51.9 Å². The van der Waals surface area contributed by atoms with Crippen LogP contribution in [-0.4, -0.2) is 41.5 Å². The standard InChI is InChI=1S/C14H23FN2O2/c1-11-10-12(18)16-14(6-3-2-4-7-14)13(19)17(11)9-5-8-15/h11H,2-10H2,1H3,(H,16,18). The maximum absolute atomic E-state index is 12.8. The number of alkyl halides is 1. The van der Waals surface area contributed by atoms with Gasteiger partial charge in [-0.05, 0) is 26.2 Å². The van der Waals surface area contributed by atoms with E-state index in [4.69, 9.17) is 0 Å².